The van der Waals surface area contributed by atoms with E-state index in [0.29, 0.717) is 25.4 Å². The van der Waals surface area contributed by atoms with Crippen molar-refractivity contribution >= 4 is 30.7 Å². The molecule has 0 bridgehead atoms. The molecule has 1 aromatic heterocycles. The van der Waals surface area contributed by atoms with Gasteiger partial charge in [0.25, 0.3) is 0 Å². The molecule has 0 aliphatic carbocycles. The predicted molar refractivity (Wildman–Crippen MR) is 102 cm³/mol. The number of hydrogen-bond donors (Lipinski definition) is 1. The molecule has 2 aliphatic heterocycles. The summed E-state index contributed by atoms with van der Waals surface area (Å²) in [4.78, 5) is 26.6. The van der Waals surface area contributed by atoms with E-state index >= 15 is 0 Å². The van der Waals surface area contributed by atoms with E-state index in [9.17, 15) is 9.59 Å². The molecule has 1 amide bonds. The zero-order valence-corrected chi connectivity index (χ0v) is 16.4. The first kappa shape index (κ1) is 22.0. The Morgan fingerprint density at radius 1 is 1.24 bits per heavy atom. The molecule has 3 heterocycles. The average Bonchev–Trinajstić information content (AvgIpc) is 3.22. The summed E-state index contributed by atoms with van der Waals surface area (Å²) >= 11 is 0. The Hall–Kier alpha value is -1.05. The van der Waals surface area contributed by atoms with Crippen molar-refractivity contribution in [3.05, 3.63) is 16.3 Å². The molecule has 7 nitrogen and oxygen atoms in total. The van der Waals surface area contributed by atoms with Crippen LogP contribution in [0.2, 0.25) is 0 Å². The second kappa shape index (κ2) is 10.2. The van der Waals surface area contributed by atoms with Crippen molar-refractivity contribution in [2.24, 2.45) is 0 Å². The molecule has 9 heteroatoms. The second-order valence-corrected chi connectivity index (χ2v) is 6.49. The lowest BCUT2D eigenvalue weighted by Gasteiger charge is -2.21. The molecule has 1 N–H and O–H groups in total. The molecule has 25 heavy (non-hydrogen) atoms. The van der Waals surface area contributed by atoms with Gasteiger partial charge in [0.05, 0.1) is 6.54 Å². The van der Waals surface area contributed by atoms with E-state index in [2.05, 4.69) is 10.4 Å². The third kappa shape index (κ3) is 4.99. The highest BCUT2D eigenvalue weighted by Gasteiger charge is 2.24. The Balaban J connectivity index is 0.00000156. The van der Waals surface area contributed by atoms with Crippen molar-refractivity contribution in [2.45, 2.75) is 58.0 Å². The summed E-state index contributed by atoms with van der Waals surface area (Å²) in [5.74, 6) is 1.31. The third-order valence-electron chi connectivity index (χ3n) is 4.93. The van der Waals surface area contributed by atoms with Gasteiger partial charge >= 0.3 is 5.69 Å². The first-order valence-corrected chi connectivity index (χ1v) is 8.86. The van der Waals surface area contributed by atoms with Gasteiger partial charge in [-0.15, -0.1) is 24.8 Å². The number of carbonyl (C=O) groups is 1. The van der Waals surface area contributed by atoms with Crippen LogP contribution in [0.5, 0.6) is 0 Å². The van der Waals surface area contributed by atoms with Crippen LogP contribution < -0.4 is 11.0 Å². The van der Waals surface area contributed by atoms with Crippen LogP contribution in [0, 0.1) is 0 Å². The van der Waals surface area contributed by atoms with Gasteiger partial charge in [-0.3, -0.25) is 9.36 Å². The summed E-state index contributed by atoms with van der Waals surface area (Å²) < 4.78 is 3.25. The molecule has 0 radical (unpaired) electrons. The smallest absolute Gasteiger partial charge is 0.343 e. The molecule has 0 aromatic carbocycles. The Morgan fingerprint density at radius 3 is 2.56 bits per heavy atom. The fourth-order valence-corrected chi connectivity index (χ4v) is 3.60. The summed E-state index contributed by atoms with van der Waals surface area (Å²) in [6, 6.07) is 0. The van der Waals surface area contributed by atoms with Crippen LogP contribution in [0.3, 0.4) is 0 Å². The van der Waals surface area contributed by atoms with E-state index in [1.165, 1.54) is 4.68 Å². The van der Waals surface area contributed by atoms with Crippen molar-refractivity contribution < 1.29 is 4.79 Å². The molecule has 2 aliphatic rings. The summed E-state index contributed by atoms with van der Waals surface area (Å²) in [5, 5.41) is 7.93. The molecule has 1 atom stereocenters. The standard InChI is InChI=1S/C16H27N5O2.2ClH/c1-2-20-15(13-6-5-8-17-12-13)18-21(16(20)23)11-7-14(22)19-9-3-4-10-19;;/h13,17H,2-12H2,1H3;2*1H. The van der Waals surface area contributed by atoms with Crippen molar-refractivity contribution in [3.8, 4) is 0 Å². The molecular weight excluding hydrogens is 365 g/mol. The maximum absolute atomic E-state index is 12.5. The first-order valence-electron chi connectivity index (χ1n) is 8.86. The quantitative estimate of drug-likeness (QED) is 0.819. The Bertz CT molecular complexity index is 604. The number of likely N-dealkylation sites (tertiary alicyclic amines) is 1. The van der Waals surface area contributed by atoms with Crippen LogP contribution in [-0.2, 0) is 17.9 Å². The lowest BCUT2D eigenvalue weighted by Crippen LogP contribution is -2.32. The van der Waals surface area contributed by atoms with Gasteiger partial charge in [0, 0.05) is 38.5 Å². The summed E-state index contributed by atoms with van der Waals surface area (Å²) in [6.45, 7) is 6.62. The lowest BCUT2D eigenvalue weighted by molar-refractivity contribution is -0.130. The second-order valence-electron chi connectivity index (χ2n) is 6.49. The van der Waals surface area contributed by atoms with Crippen LogP contribution in [0.15, 0.2) is 4.79 Å². The largest absolute Gasteiger partial charge is 0.345 e. The minimum Gasteiger partial charge on any atom is -0.343 e. The number of nitrogens with zero attached hydrogens (tertiary/aromatic N) is 4. The van der Waals surface area contributed by atoms with Crippen molar-refractivity contribution in [1.82, 2.24) is 24.6 Å². The van der Waals surface area contributed by atoms with Gasteiger partial charge in [0.15, 0.2) is 0 Å². The number of aromatic nitrogens is 3. The maximum atomic E-state index is 12.5. The Labute approximate surface area is 161 Å². The molecule has 144 valence electrons. The van der Waals surface area contributed by atoms with Gasteiger partial charge in [-0.2, -0.15) is 5.10 Å². The molecule has 1 unspecified atom stereocenters. The maximum Gasteiger partial charge on any atom is 0.345 e. The zero-order chi connectivity index (χ0) is 16.2. The first-order chi connectivity index (χ1) is 11.2. The summed E-state index contributed by atoms with van der Waals surface area (Å²) in [7, 11) is 0. The van der Waals surface area contributed by atoms with Crippen molar-refractivity contribution in [1.29, 1.82) is 0 Å². The molecule has 2 saturated heterocycles. The topological polar surface area (TPSA) is 72.2 Å². The molecular formula is C16H29Cl2N5O2. The number of amides is 1. The normalized spacial score (nSPS) is 20.0. The molecule has 3 rings (SSSR count). The summed E-state index contributed by atoms with van der Waals surface area (Å²) in [6.07, 6.45) is 4.73. The van der Waals surface area contributed by atoms with E-state index in [1.807, 2.05) is 11.8 Å². The monoisotopic (exact) mass is 393 g/mol. The van der Waals surface area contributed by atoms with E-state index in [4.69, 9.17) is 0 Å². The van der Waals surface area contributed by atoms with E-state index in [0.717, 1.165) is 57.7 Å². The number of rotatable bonds is 5. The molecule has 2 fully saturated rings. The number of nitrogens with one attached hydrogen (secondary N) is 1. The summed E-state index contributed by atoms with van der Waals surface area (Å²) in [5.41, 5.74) is -0.0812. The highest BCUT2D eigenvalue weighted by atomic mass is 35.5. The molecule has 0 saturated carbocycles. The number of halogens is 2. The predicted octanol–water partition coefficient (Wildman–Crippen LogP) is 1.39. The number of aryl methyl sites for hydroxylation is 1. The molecule has 1 aromatic rings. The van der Waals surface area contributed by atoms with Crippen LogP contribution in [0.1, 0.15) is 50.8 Å². The van der Waals surface area contributed by atoms with E-state index in [-0.39, 0.29) is 36.4 Å². The number of carbonyl (C=O) groups excluding carboxylic acids is 1. The third-order valence-corrected chi connectivity index (χ3v) is 4.93. The van der Waals surface area contributed by atoms with Gasteiger partial charge in [0.2, 0.25) is 5.91 Å². The van der Waals surface area contributed by atoms with Crippen LogP contribution >= 0.6 is 24.8 Å². The minimum absolute atomic E-state index is 0. The fraction of sp³-hybridized carbons (Fsp3) is 0.812. The van der Waals surface area contributed by atoms with Crippen molar-refractivity contribution in [2.75, 3.05) is 26.2 Å². The number of hydrogen-bond acceptors (Lipinski definition) is 4. The van der Waals surface area contributed by atoms with Crippen LogP contribution in [0.4, 0.5) is 0 Å². The Kier molecular flexibility index (Phi) is 8.96. The SMILES string of the molecule is CCn1c(C2CCCNC2)nn(CCC(=O)N2CCCC2)c1=O.Cl.Cl. The van der Waals surface area contributed by atoms with Crippen molar-refractivity contribution in [3.63, 3.8) is 0 Å². The van der Waals surface area contributed by atoms with E-state index < -0.39 is 0 Å². The highest BCUT2D eigenvalue weighted by Crippen LogP contribution is 2.20. The average molecular weight is 394 g/mol. The van der Waals surface area contributed by atoms with E-state index in [1.54, 1.807) is 4.57 Å². The van der Waals surface area contributed by atoms with Gasteiger partial charge in [-0.25, -0.2) is 9.48 Å². The van der Waals surface area contributed by atoms with Crippen LogP contribution in [-0.4, -0.2) is 51.3 Å². The highest BCUT2D eigenvalue weighted by molar-refractivity contribution is 5.85. The van der Waals surface area contributed by atoms with Crippen LogP contribution in [0.25, 0.3) is 0 Å². The molecule has 0 spiro atoms. The minimum atomic E-state index is -0.0812. The lowest BCUT2D eigenvalue weighted by atomic mass is 9.99. The van der Waals surface area contributed by atoms with Gasteiger partial charge in [-0.05, 0) is 39.2 Å². The number of piperidine rings is 1. The van der Waals surface area contributed by atoms with Gasteiger partial charge < -0.3 is 10.2 Å². The Morgan fingerprint density at radius 2 is 1.96 bits per heavy atom. The zero-order valence-electron chi connectivity index (χ0n) is 14.8. The fourth-order valence-electron chi connectivity index (χ4n) is 3.60. The van der Waals surface area contributed by atoms with Gasteiger partial charge in [0.1, 0.15) is 5.82 Å². The van der Waals surface area contributed by atoms with Gasteiger partial charge in [-0.1, -0.05) is 0 Å².